The topological polar surface area (TPSA) is 47.8 Å². The summed E-state index contributed by atoms with van der Waals surface area (Å²) in [5, 5.41) is 8.24. The molecule has 1 aromatic heterocycles. The van der Waals surface area contributed by atoms with Crippen LogP contribution in [0.25, 0.3) is 5.69 Å². The van der Waals surface area contributed by atoms with Crippen molar-refractivity contribution in [3.8, 4) is 5.69 Å². The minimum atomic E-state index is -1.04. The van der Waals surface area contributed by atoms with E-state index in [9.17, 15) is 13.6 Å². The Morgan fingerprint density at radius 3 is 2.48 bits per heavy atom. The summed E-state index contributed by atoms with van der Waals surface area (Å²) < 4.78 is 28.2. The summed E-state index contributed by atoms with van der Waals surface area (Å²) in [4.78, 5) is 12.5. The molecule has 4 nitrogen and oxygen atoms in total. The van der Waals surface area contributed by atoms with Gasteiger partial charge in [0.05, 0.1) is 5.25 Å². The monoisotopic (exact) mass is 359 g/mol. The van der Waals surface area contributed by atoms with Crippen LogP contribution in [0.3, 0.4) is 0 Å². The van der Waals surface area contributed by atoms with E-state index in [1.165, 1.54) is 17.8 Å². The molecule has 25 heavy (non-hydrogen) atoms. The van der Waals surface area contributed by atoms with Crippen molar-refractivity contribution >= 4 is 17.5 Å². The molecule has 0 spiro atoms. The number of carbonyl (C=O) groups is 1. The molecule has 0 fully saturated rings. The van der Waals surface area contributed by atoms with E-state index in [4.69, 9.17) is 0 Å². The summed E-state index contributed by atoms with van der Waals surface area (Å²) in [5.41, 5.74) is 1.02. The highest BCUT2D eigenvalue weighted by Crippen LogP contribution is 2.27. The van der Waals surface area contributed by atoms with Gasteiger partial charge in [-0.2, -0.15) is 0 Å². The number of Topliss-reactive ketones (excluding diaryl/α,β-unsaturated/α-hetero) is 1. The van der Waals surface area contributed by atoms with Crippen LogP contribution in [-0.4, -0.2) is 25.8 Å². The van der Waals surface area contributed by atoms with E-state index in [1.807, 2.05) is 41.8 Å². The Balaban J connectivity index is 1.85. The van der Waals surface area contributed by atoms with Crippen LogP contribution in [-0.2, 0) is 0 Å². The Hall–Kier alpha value is -2.54. The Morgan fingerprint density at radius 1 is 1.08 bits per heavy atom. The zero-order valence-electron chi connectivity index (χ0n) is 13.6. The fraction of sp³-hybridized carbons (Fsp3) is 0.167. The van der Waals surface area contributed by atoms with Crippen LogP contribution < -0.4 is 0 Å². The molecule has 0 N–H and O–H groups in total. The van der Waals surface area contributed by atoms with E-state index in [-0.39, 0.29) is 11.3 Å². The Labute approximate surface area is 147 Å². The average Bonchev–Trinajstić information content (AvgIpc) is 2.97. The number of nitrogens with zero attached hydrogens (tertiary/aromatic N) is 3. The number of halogens is 2. The molecule has 0 aliphatic carbocycles. The summed E-state index contributed by atoms with van der Waals surface area (Å²) in [7, 11) is 0. The van der Waals surface area contributed by atoms with Crippen LogP contribution in [0.15, 0.2) is 53.7 Å². The van der Waals surface area contributed by atoms with E-state index < -0.39 is 16.9 Å². The Kier molecular flexibility index (Phi) is 4.94. The quantitative estimate of drug-likeness (QED) is 0.506. The van der Waals surface area contributed by atoms with Crippen molar-refractivity contribution in [2.24, 2.45) is 0 Å². The van der Waals surface area contributed by atoms with Crippen molar-refractivity contribution in [1.82, 2.24) is 14.8 Å². The largest absolute Gasteiger partial charge is 0.293 e. The minimum absolute atomic E-state index is 0.126. The normalized spacial score (nSPS) is 12.2. The number of thioether (sulfide) groups is 1. The number of carbonyl (C=O) groups excluding carboxylic acids is 1. The number of ketones is 1. The first-order valence-electron chi connectivity index (χ1n) is 7.60. The van der Waals surface area contributed by atoms with Gasteiger partial charge in [-0.1, -0.05) is 30.0 Å². The molecule has 128 valence electrons. The van der Waals surface area contributed by atoms with Gasteiger partial charge in [0.15, 0.2) is 22.6 Å². The molecule has 1 atom stereocenters. The van der Waals surface area contributed by atoms with Gasteiger partial charge >= 0.3 is 0 Å². The number of para-hydroxylation sites is 1. The van der Waals surface area contributed by atoms with Crippen molar-refractivity contribution in [3.05, 3.63) is 71.6 Å². The van der Waals surface area contributed by atoms with E-state index in [1.54, 1.807) is 6.92 Å². The van der Waals surface area contributed by atoms with Crippen LogP contribution >= 0.6 is 11.8 Å². The zero-order valence-corrected chi connectivity index (χ0v) is 14.4. The Morgan fingerprint density at radius 2 is 1.80 bits per heavy atom. The molecule has 0 saturated carbocycles. The van der Waals surface area contributed by atoms with Crippen molar-refractivity contribution in [2.75, 3.05) is 0 Å². The first-order valence-corrected chi connectivity index (χ1v) is 8.48. The van der Waals surface area contributed by atoms with Crippen LogP contribution in [0.1, 0.15) is 23.1 Å². The fourth-order valence-electron chi connectivity index (χ4n) is 2.39. The third kappa shape index (κ3) is 3.61. The van der Waals surface area contributed by atoms with Crippen LogP contribution in [0.5, 0.6) is 0 Å². The van der Waals surface area contributed by atoms with Gasteiger partial charge in [-0.3, -0.25) is 9.36 Å². The lowest BCUT2D eigenvalue weighted by Crippen LogP contribution is -2.15. The predicted octanol–water partition coefficient (Wildman–Crippen LogP) is 4.22. The smallest absolute Gasteiger partial charge is 0.196 e. The molecule has 0 bridgehead atoms. The maximum absolute atomic E-state index is 13.4. The first-order chi connectivity index (χ1) is 12.0. The third-order valence-corrected chi connectivity index (χ3v) is 4.71. The van der Waals surface area contributed by atoms with Gasteiger partial charge in [-0.05, 0) is 44.2 Å². The highest BCUT2D eigenvalue weighted by atomic mass is 32.2. The highest BCUT2D eigenvalue weighted by molar-refractivity contribution is 8.00. The van der Waals surface area contributed by atoms with E-state index >= 15 is 0 Å². The number of hydrogen-bond acceptors (Lipinski definition) is 4. The van der Waals surface area contributed by atoms with Gasteiger partial charge in [0.2, 0.25) is 0 Å². The SMILES string of the molecule is Cc1nnc(S[C@H](C)C(=O)c2ccc(F)c(F)c2)n1-c1ccccc1. The van der Waals surface area contributed by atoms with Crippen molar-refractivity contribution in [2.45, 2.75) is 24.3 Å². The van der Waals surface area contributed by atoms with Gasteiger partial charge in [-0.15, -0.1) is 10.2 Å². The number of benzene rings is 2. The summed E-state index contributed by atoms with van der Waals surface area (Å²) in [5.74, 6) is -1.62. The van der Waals surface area contributed by atoms with Crippen LogP contribution in [0.2, 0.25) is 0 Å². The third-order valence-electron chi connectivity index (χ3n) is 3.67. The van der Waals surface area contributed by atoms with E-state index in [0.717, 1.165) is 17.8 Å². The summed E-state index contributed by atoms with van der Waals surface area (Å²) in [6, 6.07) is 12.7. The molecule has 0 saturated heterocycles. The minimum Gasteiger partial charge on any atom is -0.293 e. The molecular weight excluding hydrogens is 344 g/mol. The standard InChI is InChI=1S/C18H15F2N3OS/c1-11(17(24)13-8-9-15(19)16(20)10-13)25-18-22-21-12(2)23(18)14-6-4-3-5-7-14/h3-11H,1-2H3/t11-/m1/s1. The van der Waals surface area contributed by atoms with Gasteiger partial charge in [-0.25, -0.2) is 8.78 Å². The Bertz CT molecular complexity index is 912. The fourth-order valence-corrected chi connectivity index (χ4v) is 3.38. The molecule has 0 unspecified atom stereocenters. The molecule has 0 amide bonds. The molecule has 3 rings (SSSR count). The van der Waals surface area contributed by atoms with Crippen LogP contribution in [0.4, 0.5) is 8.78 Å². The number of aryl methyl sites for hydroxylation is 1. The maximum atomic E-state index is 13.4. The number of aromatic nitrogens is 3. The van der Waals surface area contributed by atoms with Gasteiger partial charge in [0.25, 0.3) is 0 Å². The zero-order chi connectivity index (χ0) is 18.0. The van der Waals surface area contributed by atoms with Crippen molar-refractivity contribution < 1.29 is 13.6 Å². The number of rotatable bonds is 5. The molecule has 1 heterocycles. The van der Waals surface area contributed by atoms with Crippen LogP contribution in [0, 0.1) is 18.6 Å². The molecule has 0 radical (unpaired) electrons. The van der Waals surface area contributed by atoms with Gasteiger partial charge in [0, 0.05) is 11.3 Å². The lowest BCUT2D eigenvalue weighted by Gasteiger charge is -2.12. The molecule has 0 aliphatic heterocycles. The van der Waals surface area contributed by atoms with E-state index in [2.05, 4.69) is 10.2 Å². The lowest BCUT2D eigenvalue weighted by atomic mass is 10.1. The maximum Gasteiger partial charge on any atom is 0.196 e. The van der Waals surface area contributed by atoms with Crippen molar-refractivity contribution in [3.63, 3.8) is 0 Å². The molecule has 3 aromatic rings. The van der Waals surface area contributed by atoms with Crippen molar-refractivity contribution in [1.29, 1.82) is 0 Å². The molecule has 2 aromatic carbocycles. The molecule has 7 heteroatoms. The predicted molar refractivity (Wildman–Crippen MR) is 92.1 cm³/mol. The summed E-state index contributed by atoms with van der Waals surface area (Å²) >= 11 is 1.22. The summed E-state index contributed by atoms with van der Waals surface area (Å²) in [6.07, 6.45) is 0. The number of hydrogen-bond donors (Lipinski definition) is 0. The second-order valence-corrected chi connectivity index (χ2v) is 6.76. The second-order valence-electron chi connectivity index (χ2n) is 5.45. The highest BCUT2D eigenvalue weighted by Gasteiger charge is 2.22. The van der Waals surface area contributed by atoms with E-state index in [0.29, 0.717) is 11.0 Å². The molecule has 0 aliphatic rings. The summed E-state index contributed by atoms with van der Waals surface area (Å²) in [6.45, 7) is 3.53. The first kappa shape index (κ1) is 17.3. The van der Waals surface area contributed by atoms with Gasteiger partial charge in [0.1, 0.15) is 5.82 Å². The molecular formula is C18H15F2N3OS. The van der Waals surface area contributed by atoms with Gasteiger partial charge < -0.3 is 0 Å². The average molecular weight is 359 g/mol. The second kappa shape index (κ2) is 7.14. The lowest BCUT2D eigenvalue weighted by molar-refractivity contribution is 0.0993.